The smallest absolute Gasteiger partial charge is 0.131 e. The molecule has 0 aliphatic rings. The fraction of sp³-hybridized carbons (Fsp3) is 0.600. The van der Waals surface area contributed by atoms with Crippen molar-refractivity contribution in [2.24, 2.45) is 0 Å². The van der Waals surface area contributed by atoms with Gasteiger partial charge >= 0.3 is 0 Å². The molecule has 0 aromatic carbocycles. The maximum atomic E-state index is 7.89. The summed E-state index contributed by atoms with van der Waals surface area (Å²) >= 11 is 0. The molecule has 40 valence electrons. The largest absolute Gasteiger partial charge is 0.461 e. The van der Waals surface area contributed by atoms with Crippen LogP contribution < -0.4 is 5.32 Å². The van der Waals surface area contributed by atoms with E-state index < -0.39 is 0 Å². The van der Waals surface area contributed by atoms with Crippen LogP contribution in [0.15, 0.2) is 0 Å². The Morgan fingerprint density at radius 3 is 2.29 bits per heavy atom. The summed E-state index contributed by atoms with van der Waals surface area (Å²) in [4.78, 5) is 0. The van der Waals surface area contributed by atoms with Crippen molar-refractivity contribution in [3.63, 3.8) is 0 Å². The maximum Gasteiger partial charge on any atom is 0.131 e. The van der Waals surface area contributed by atoms with Gasteiger partial charge in [-0.2, -0.15) is 0 Å². The minimum atomic E-state index is 0.319. The van der Waals surface area contributed by atoms with Crippen LogP contribution in [0, 0.1) is 12.2 Å². The average molecular weight is 99.1 g/mol. The van der Waals surface area contributed by atoms with Gasteiger partial charge in [-0.1, -0.05) is 0 Å². The van der Waals surface area contributed by atoms with E-state index >= 15 is 0 Å². The standard InChI is InChI=1S/C5H9NO/c1-5(2)6-3-4-7/h5-7H,1-2H3. The third-order valence-electron chi connectivity index (χ3n) is 0.417. The van der Waals surface area contributed by atoms with Gasteiger partial charge in [0.15, 0.2) is 0 Å². The van der Waals surface area contributed by atoms with E-state index in [1.165, 1.54) is 0 Å². The molecule has 7 heavy (non-hydrogen) atoms. The van der Waals surface area contributed by atoms with Gasteiger partial charge in [0.2, 0.25) is 0 Å². The molecule has 2 heteroatoms. The summed E-state index contributed by atoms with van der Waals surface area (Å²) in [6.45, 7) is 3.90. The average Bonchev–Trinajstić information content (AvgIpc) is 1.61. The monoisotopic (exact) mass is 99.1 g/mol. The predicted octanol–water partition coefficient (Wildman–Crippen LogP) is 0.275. The van der Waals surface area contributed by atoms with Crippen LogP contribution in [0.1, 0.15) is 13.8 Å². The molecule has 0 radical (unpaired) electrons. The van der Waals surface area contributed by atoms with E-state index in [1.54, 1.807) is 6.11 Å². The Kier molecular flexibility index (Phi) is 2.95. The third-order valence-corrected chi connectivity index (χ3v) is 0.417. The fourth-order valence-electron chi connectivity index (χ4n) is 0.177. The van der Waals surface area contributed by atoms with Gasteiger partial charge in [0, 0.05) is 12.1 Å². The summed E-state index contributed by atoms with van der Waals surface area (Å²) in [6, 6.07) is 2.62. The highest BCUT2D eigenvalue weighted by Gasteiger charge is 1.80. The van der Waals surface area contributed by atoms with E-state index in [9.17, 15) is 0 Å². The van der Waals surface area contributed by atoms with Crippen molar-refractivity contribution in [2.75, 3.05) is 0 Å². The number of aliphatic hydroxyl groups is 1. The first kappa shape index (κ1) is 6.16. The molecule has 0 unspecified atom stereocenters. The van der Waals surface area contributed by atoms with Crippen LogP contribution in [0.5, 0.6) is 0 Å². The number of nitrogens with one attached hydrogen (secondary N) is 1. The predicted molar refractivity (Wildman–Crippen MR) is 28.0 cm³/mol. The summed E-state index contributed by atoms with van der Waals surface area (Å²) in [7, 11) is 0. The van der Waals surface area contributed by atoms with Gasteiger partial charge in [0.1, 0.15) is 6.11 Å². The normalized spacial score (nSPS) is 7.29. The Bertz CT molecular complexity index is 88.0. The zero-order valence-electron chi connectivity index (χ0n) is 4.52. The molecule has 0 aliphatic carbocycles. The van der Waals surface area contributed by atoms with Gasteiger partial charge in [-0.15, -0.1) is 0 Å². The van der Waals surface area contributed by atoms with Gasteiger partial charge in [-0.3, -0.25) is 0 Å². The second kappa shape index (κ2) is 3.35. The van der Waals surface area contributed by atoms with Crippen LogP contribution in [0.2, 0.25) is 0 Å². The highest BCUT2D eigenvalue weighted by molar-refractivity contribution is 4.87. The lowest BCUT2D eigenvalue weighted by Gasteiger charge is -1.96. The Morgan fingerprint density at radius 2 is 2.14 bits per heavy atom. The van der Waals surface area contributed by atoms with Gasteiger partial charge in [0.05, 0.1) is 0 Å². The van der Waals surface area contributed by atoms with Gasteiger partial charge in [-0.05, 0) is 13.8 Å². The van der Waals surface area contributed by atoms with Gasteiger partial charge in [0.25, 0.3) is 0 Å². The van der Waals surface area contributed by atoms with E-state index in [0.717, 1.165) is 0 Å². The molecule has 0 heterocycles. The molecule has 2 nitrogen and oxygen atoms in total. The lowest BCUT2D eigenvalue weighted by atomic mass is 10.4. The molecule has 0 aromatic rings. The van der Waals surface area contributed by atoms with E-state index in [2.05, 4.69) is 11.4 Å². The van der Waals surface area contributed by atoms with Crippen molar-refractivity contribution in [2.45, 2.75) is 19.9 Å². The van der Waals surface area contributed by atoms with Crippen LogP contribution in [0.4, 0.5) is 0 Å². The molecule has 0 bridgehead atoms. The number of hydrogen-bond acceptors (Lipinski definition) is 2. The van der Waals surface area contributed by atoms with E-state index in [4.69, 9.17) is 5.11 Å². The summed E-state index contributed by atoms with van der Waals surface area (Å²) in [5, 5.41) is 10.6. The molecule has 0 aromatic heterocycles. The second-order valence-electron chi connectivity index (χ2n) is 1.54. The van der Waals surface area contributed by atoms with Crippen molar-refractivity contribution in [1.82, 2.24) is 5.32 Å². The molecular formula is C5H9NO. The first-order valence-corrected chi connectivity index (χ1v) is 2.17. The summed E-state index contributed by atoms with van der Waals surface area (Å²) in [5.41, 5.74) is 0. The minimum absolute atomic E-state index is 0.319. The number of rotatable bonds is 1. The van der Waals surface area contributed by atoms with Crippen LogP contribution in [0.25, 0.3) is 0 Å². The minimum Gasteiger partial charge on any atom is -0.461 e. The van der Waals surface area contributed by atoms with E-state index in [-0.39, 0.29) is 0 Å². The molecule has 0 fully saturated rings. The highest BCUT2D eigenvalue weighted by Crippen LogP contribution is 1.69. The molecule has 0 saturated carbocycles. The number of hydrogen-bond donors (Lipinski definition) is 2. The Morgan fingerprint density at radius 1 is 1.57 bits per heavy atom. The maximum absolute atomic E-state index is 7.89. The van der Waals surface area contributed by atoms with E-state index in [0.29, 0.717) is 6.04 Å². The molecule has 0 amide bonds. The molecular weight excluding hydrogens is 90.1 g/mol. The molecule has 0 aliphatic heterocycles. The lowest BCUT2D eigenvalue weighted by molar-refractivity contribution is 0.513. The Hall–Kier alpha value is -0.840. The SMILES string of the molecule is CC(C)NC#CO. The molecule has 0 spiro atoms. The first-order valence-electron chi connectivity index (χ1n) is 2.17. The molecule has 0 atom stereocenters. The van der Waals surface area contributed by atoms with Crippen molar-refractivity contribution in [1.29, 1.82) is 0 Å². The molecule has 0 saturated heterocycles. The van der Waals surface area contributed by atoms with Crippen LogP contribution >= 0.6 is 0 Å². The lowest BCUT2D eigenvalue weighted by Crippen LogP contribution is -2.15. The van der Waals surface area contributed by atoms with Crippen molar-refractivity contribution in [3.8, 4) is 12.2 Å². The molecule has 2 N–H and O–H groups in total. The quantitative estimate of drug-likeness (QED) is 0.365. The summed E-state index contributed by atoms with van der Waals surface area (Å²) in [6.07, 6.45) is 1.74. The Balaban J connectivity index is 3.08. The van der Waals surface area contributed by atoms with Crippen molar-refractivity contribution < 1.29 is 5.11 Å². The van der Waals surface area contributed by atoms with Crippen molar-refractivity contribution >= 4 is 0 Å². The third kappa shape index (κ3) is 5.16. The van der Waals surface area contributed by atoms with E-state index in [1.807, 2.05) is 13.8 Å². The topological polar surface area (TPSA) is 32.3 Å². The van der Waals surface area contributed by atoms with Gasteiger partial charge < -0.3 is 10.4 Å². The highest BCUT2D eigenvalue weighted by atomic mass is 16.2. The second-order valence-corrected chi connectivity index (χ2v) is 1.54. The van der Waals surface area contributed by atoms with Crippen LogP contribution in [-0.4, -0.2) is 11.1 Å². The van der Waals surface area contributed by atoms with Gasteiger partial charge in [-0.25, -0.2) is 0 Å². The summed E-state index contributed by atoms with van der Waals surface area (Å²) in [5.74, 6) is 0. The van der Waals surface area contributed by atoms with Crippen LogP contribution in [0.3, 0.4) is 0 Å². The zero-order valence-corrected chi connectivity index (χ0v) is 4.52. The van der Waals surface area contributed by atoms with Crippen molar-refractivity contribution in [3.05, 3.63) is 0 Å². The Labute approximate surface area is 43.5 Å². The summed E-state index contributed by atoms with van der Waals surface area (Å²) < 4.78 is 0. The molecule has 0 rings (SSSR count). The zero-order chi connectivity index (χ0) is 5.70. The fourth-order valence-corrected chi connectivity index (χ4v) is 0.177. The first-order chi connectivity index (χ1) is 3.27. The number of aliphatic hydroxyl groups excluding tert-OH is 1. The van der Waals surface area contributed by atoms with Crippen LogP contribution in [-0.2, 0) is 0 Å².